The van der Waals surface area contributed by atoms with E-state index in [9.17, 15) is 0 Å². The summed E-state index contributed by atoms with van der Waals surface area (Å²) in [5.41, 5.74) is 11.7. The van der Waals surface area contributed by atoms with E-state index in [2.05, 4.69) is 42.9 Å². The van der Waals surface area contributed by atoms with Crippen molar-refractivity contribution >= 4 is 5.82 Å². The molecule has 0 spiro atoms. The van der Waals surface area contributed by atoms with E-state index >= 15 is 0 Å². The molecule has 0 radical (unpaired) electrons. The third kappa shape index (κ3) is 2.35. The van der Waals surface area contributed by atoms with E-state index in [0.717, 1.165) is 17.9 Å². The van der Waals surface area contributed by atoms with Gasteiger partial charge in [-0.1, -0.05) is 24.6 Å². The SMILES string of the molecule is CCc1nc(N)cc(-c2c(C)cc(C)cc2C)n1. The summed E-state index contributed by atoms with van der Waals surface area (Å²) < 4.78 is 0. The zero-order valence-corrected chi connectivity index (χ0v) is 11.4. The average molecular weight is 241 g/mol. The lowest BCUT2D eigenvalue weighted by molar-refractivity contribution is 0.947. The standard InChI is InChI=1S/C15H19N3/c1-5-14-17-12(8-13(16)18-14)15-10(3)6-9(2)7-11(15)4/h6-8H,5H2,1-4H3,(H2,16,17,18). The molecule has 2 aromatic rings. The minimum atomic E-state index is 0.538. The van der Waals surface area contributed by atoms with E-state index < -0.39 is 0 Å². The highest BCUT2D eigenvalue weighted by atomic mass is 14.9. The van der Waals surface area contributed by atoms with Crippen LogP contribution < -0.4 is 5.73 Å². The van der Waals surface area contributed by atoms with Crippen LogP contribution in [0.3, 0.4) is 0 Å². The highest BCUT2D eigenvalue weighted by molar-refractivity contribution is 5.69. The van der Waals surface area contributed by atoms with Crippen molar-refractivity contribution in [2.24, 2.45) is 0 Å². The van der Waals surface area contributed by atoms with Crippen molar-refractivity contribution in [2.45, 2.75) is 34.1 Å². The fourth-order valence-corrected chi connectivity index (χ4v) is 2.39. The van der Waals surface area contributed by atoms with Crippen molar-refractivity contribution in [3.63, 3.8) is 0 Å². The van der Waals surface area contributed by atoms with Crippen molar-refractivity contribution in [1.82, 2.24) is 9.97 Å². The Balaban J connectivity index is 2.65. The lowest BCUT2D eigenvalue weighted by Crippen LogP contribution is -2.02. The number of nitrogens with two attached hydrogens (primary N) is 1. The Morgan fingerprint density at radius 3 is 2.17 bits per heavy atom. The zero-order chi connectivity index (χ0) is 13.3. The van der Waals surface area contributed by atoms with Gasteiger partial charge in [-0.25, -0.2) is 9.97 Å². The number of aromatic nitrogens is 2. The van der Waals surface area contributed by atoms with Crippen LogP contribution in [0.15, 0.2) is 18.2 Å². The molecule has 0 unspecified atom stereocenters. The van der Waals surface area contributed by atoms with Gasteiger partial charge in [0.05, 0.1) is 5.69 Å². The Morgan fingerprint density at radius 1 is 1.00 bits per heavy atom. The van der Waals surface area contributed by atoms with Gasteiger partial charge in [0.15, 0.2) is 0 Å². The first-order valence-corrected chi connectivity index (χ1v) is 6.23. The van der Waals surface area contributed by atoms with Crippen LogP contribution in [0, 0.1) is 20.8 Å². The van der Waals surface area contributed by atoms with E-state index in [1.807, 2.05) is 13.0 Å². The molecule has 1 aromatic carbocycles. The zero-order valence-electron chi connectivity index (χ0n) is 11.4. The molecule has 0 amide bonds. The normalized spacial score (nSPS) is 10.7. The van der Waals surface area contributed by atoms with Gasteiger partial charge in [0.1, 0.15) is 11.6 Å². The van der Waals surface area contributed by atoms with Gasteiger partial charge in [0.25, 0.3) is 0 Å². The Kier molecular flexibility index (Phi) is 3.32. The Morgan fingerprint density at radius 2 is 1.61 bits per heavy atom. The largest absolute Gasteiger partial charge is 0.384 e. The van der Waals surface area contributed by atoms with Crippen LogP contribution in [0.25, 0.3) is 11.3 Å². The smallest absolute Gasteiger partial charge is 0.131 e. The summed E-state index contributed by atoms with van der Waals surface area (Å²) >= 11 is 0. The molecule has 0 aliphatic heterocycles. The summed E-state index contributed by atoms with van der Waals surface area (Å²) in [4.78, 5) is 8.80. The van der Waals surface area contributed by atoms with E-state index in [0.29, 0.717) is 5.82 Å². The van der Waals surface area contributed by atoms with Crippen molar-refractivity contribution in [3.8, 4) is 11.3 Å². The summed E-state index contributed by atoms with van der Waals surface area (Å²) in [6, 6.07) is 6.20. The lowest BCUT2D eigenvalue weighted by atomic mass is 9.97. The molecule has 3 heteroatoms. The molecule has 1 aromatic heterocycles. The summed E-state index contributed by atoms with van der Waals surface area (Å²) in [7, 11) is 0. The highest BCUT2D eigenvalue weighted by Crippen LogP contribution is 2.27. The van der Waals surface area contributed by atoms with Crippen LogP contribution in [-0.4, -0.2) is 9.97 Å². The first-order chi connectivity index (χ1) is 8.51. The summed E-state index contributed by atoms with van der Waals surface area (Å²) in [5, 5.41) is 0. The summed E-state index contributed by atoms with van der Waals surface area (Å²) in [6.45, 7) is 8.36. The number of benzene rings is 1. The molecule has 18 heavy (non-hydrogen) atoms. The summed E-state index contributed by atoms with van der Waals surface area (Å²) in [5.74, 6) is 1.33. The molecule has 0 bridgehead atoms. The monoisotopic (exact) mass is 241 g/mol. The van der Waals surface area contributed by atoms with Crippen LogP contribution >= 0.6 is 0 Å². The maximum atomic E-state index is 5.85. The molecule has 1 heterocycles. The highest BCUT2D eigenvalue weighted by Gasteiger charge is 2.10. The van der Waals surface area contributed by atoms with Gasteiger partial charge in [0.2, 0.25) is 0 Å². The van der Waals surface area contributed by atoms with Gasteiger partial charge < -0.3 is 5.73 Å². The summed E-state index contributed by atoms with van der Waals surface area (Å²) in [6.07, 6.45) is 0.794. The molecule has 2 rings (SSSR count). The number of rotatable bonds is 2. The van der Waals surface area contributed by atoms with Gasteiger partial charge in [-0.3, -0.25) is 0 Å². The van der Waals surface area contributed by atoms with Crippen molar-refractivity contribution in [3.05, 3.63) is 40.7 Å². The van der Waals surface area contributed by atoms with Gasteiger partial charge >= 0.3 is 0 Å². The lowest BCUT2D eigenvalue weighted by Gasteiger charge is -2.12. The fraction of sp³-hybridized carbons (Fsp3) is 0.333. The Labute approximate surface area is 108 Å². The van der Waals surface area contributed by atoms with Gasteiger partial charge in [-0.15, -0.1) is 0 Å². The predicted octanol–water partition coefficient (Wildman–Crippen LogP) is 3.21. The van der Waals surface area contributed by atoms with Gasteiger partial charge in [-0.2, -0.15) is 0 Å². The minimum Gasteiger partial charge on any atom is -0.384 e. The van der Waals surface area contributed by atoms with E-state index in [1.165, 1.54) is 22.3 Å². The number of anilines is 1. The fourth-order valence-electron chi connectivity index (χ4n) is 2.39. The van der Waals surface area contributed by atoms with Crippen molar-refractivity contribution in [2.75, 3.05) is 5.73 Å². The second-order valence-corrected chi connectivity index (χ2v) is 4.72. The van der Waals surface area contributed by atoms with E-state index in [-0.39, 0.29) is 0 Å². The van der Waals surface area contributed by atoms with Gasteiger partial charge in [-0.05, 0) is 31.9 Å². The van der Waals surface area contributed by atoms with E-state index in [4.69, 9.17) is 5.73 Å². The van der Waals surface area contributed by atoms with Crippen LogP contribution in [0.5, 0.6) is 0 Å². The molecule has 0 saturated heterocycles. The molecule has 0 atom stereocenters. The first-order valence-electron chi connectivity index (χ1n) is 6.23. The molecule has 0 aliphatic rings. The topological polar surface area (TPSA) is 51.8 Å². The van der Waals surface area contributed by atoms with Crippen LogP contribution in [0.2, 0.25) is 0 Å². The minimum absolute atomic E-state index is 0.538. The second-order valence-electron chi connectivity index (χ2n) is 4.72. The average Bonchev–Trinajstić information content (AvgIpc) is 2.26. The van der Waals surface area contributed by atoms with Crippen LogP contribution in [0.1, 0.15) is 29.4 Å². The second kappa shape index (κ2) is 4.77. The number of nitrogen functional groups attached to an aromatic ring is 1. The maximum absolute atomic E-state index is 5.85. The molecule has 0 aliphatic carbocycles. The van der Waals surface area contributed by atoms with Crippen LogP contribution in [-0.2, 0) is 6.42 Å². The van der Waals surface area contributed by atoms with Crippen LogP contribution in [0.4, 0.5) is 5.82 Å². The van der Waals surface area contributed by atoms with E-state index in [1.54, 1.807) is 0 Å². The molecular weight excluding hydrogens is 222 g/mol. The quantitative estimate of drug-likeness (QED) is 0.878. The van der Waals surface area contributed by atoms with Gasteiger partial charge in [0, 0.05) is 18.1 Å². The molecule has 0 fully saturated rings. The maximum Gasteiger partial charge on any atom is 0.131 e. The third-order valence-electron chi connectivity index (χ3n) is 3.04. The molecule has 2 N–H and O–H groups in total. The van der Waals surface area contributed by atoms with Crippen molar-refractivity contribution < 1.29 is 0 Å². The molecular formula is C15H19N3. The molecule has 0 saturated carbocycles. The Hall–Kier alpha value is -1.90. The number of hydrogen-bond acceptors (Lipinski definition) is 3. The molecule has 94 valence electrons. The first kappa shape index (κ1) is 12.6. The number of nitrogens with zero attached hydrogens (tertiary/aromatic N) is 2. The third-order valence-corrected chi connectivity index (χ3v) is 3.04. The number of hydrogen-bond donors (Lipinski definition) is 1. The molecule has 3 nitrogen and oxygen atoms in total. The Bertz CT molecular complexity index is 565. The number of aryl methyl sites for hydroxylation is 4. The predicted molar refractivity (Wildman–Crippen MR) is 75.5 cm³/mol. The van der Waals surface area contributed by atoms with Crippen molar-refractivity contribution in [1.29, 1.82) is 0 Å².